The maximum Gasteiger partial charge on any atom is 0.322 e. The molecule has 0 radical (unpaired) electrons. The summed E-state index contributed by atoms with van der Waals surface area (Å²) >= 11 is 0. The number of carbonyl (C=O) groups excluding carboxylic acids is 1. The molecule has 2 atom stereocenters. The number of rotatable bonds is 1. The zero-order valence-electron chi connectivity index (χ0n) is 11.0. The number of likely N-dealkylation sites (tertiary alicyclic amines) is 1. The highest BCUT2D eigenvalue weighted by Crippen LogP contribution is 2.27. The summed E-state index contributed by atoms with van der Waals surface area (Å²) in [6, 6.07) is 3.01. The van der Waals surface area contributed by atoms with Crippen molar-refractivity contribution in [2.75, 3.05) is 25.0 Å². The van der Waals surface area contributed by atoms with Crippen molar-refractivity contribution >= 4 is 11.7 Å². The molecular weight excluding hydrogens is 264 g/mol. The van der Waals surface area contributed by atoms with Crippen LogP contribution in [-0.4, -0.2) is 36.6 Å². The smallest absolute Gasteiger partial charge is 0.320 e. The van der Waals surface area contributed by atoms with Gasteiger partial charge < -0.3 is 15.5 Å². The van der Waals surface area contributed by atoms with Crippen LogP contribution in [0.1, 0.15) is 12.8 Å². The zero-order valence-corrected chi connectivity index (χ0v) is 11.0. The Morgan fingerprint density at radius 1 is 1.35 bits per heavy atom. The van der Waals surface area contributed by atoms with E-state index in [0.29, 0.717) is 12.5 Å². The molecule has 3 rings (SSSR count). The molecule has 2 N–H and O–H groups in total. The van der Waals surface area contributed by atoms with Gasteiger partial charge in [-0.2, -0.15) is 0 Å². The summed E-state index contributed by atoms with van der Waals surface area (Å²) in [7, 11) is 0. The van der Waals surface area contributed by atoms with Crippen LogP contribution in [0.3, 0.4) is 0 Å². The van der Waals surface area contributed by atoms with E-state index in [0.717, 1.165) is 38.1 Å². The Labute approximate surface area is 116 Å². The third-order valence-electron chi connectivity index (χ3n) is 4.11. The minimum Gasteiger partial charge on any atom is -0.320 e. The number of piperidine rings is 1. The molecule has 0 aromatic heterocycles. The highest BCUT2D eigenvalue weighted by atomic mass is 19.1. The minimum atomic E-state index is -0.753. The molecule has 2 aliphatic rings. The van der Waals surface area contributed by atoms with Crippen LogP contribution in [0.4, 0.5) is 19.3 Å². The van der Waals surface area contributed by atoms with Crippen molar-refractivity contribution in [3.05, 3.63) is 29.8 Å². The van der Waals surface area contributed by atoms with Crippen molar-refractivity contribution in [1.82, 2.24) is 10.2 Å². The predicted octanol–water partition coefficient (Wildman–Crippen LogP) is 2.18. The first-order valence-electron chi connectivity index (χ1n) is 6.88. The SMILES string of the molecule is O=C(Nc1ccc(F)cc1F)N1CCCC2CNCC21. The van der Waals surface area contributed by atoms with E-state index in [2.05, 4.69) is 10.6 Å². The van der Waals surface area contributed by atoms with E-state index in [9.17, 15) is 13.6 Å². The molecule has 108 valence electrons. The van der Waals surface area contributed by atoms with Crippen LogP contribution in [0.5, 0.6) is 0 Å². The first kappa shape index (κ1) is 13.3. The topological polar surface area (TPSA) is 44.4 Å². The van der Waals surface area contributed by atoms with Gasteiger partial charge in [0.25, 0.3) is 0 Å². The molecular formula is C14H17F2N3O. The second kappa shape index (κ2) is 5.36. The van der Waals surface area contributed by atoms with Gasteiger partial charge in [-0.05, 0) is 30.9 Å². The van der Waals surface area contributed by atoms with E-state index in [1.165, 1.54) is 6.07 Å². The monoisotopic (exact) mass is 281 g/mol. The Morgan fingerprint density at radius 2 is 2.20 bits per heavy atom. The molecule has 0 saturated carbocycles. The Morgan fingerprint density at radius 3 is 3.00 bits per heavy atom. The molecule has 2 aliphatic heterocycles. The molecule has 1 aromatic rings. The van der Waals surface area contributed by atoms with Crippen LogP contribution in [0.2, 0.25) is 0 Å². The number of hydrogen-bond donors (Lipinski definition) is 2. The number of halogens is 2. The van der Waals surface area contributed by atoms with Crippen LogP contribution >= 0.6 is 0 Å². The van der Waals surface area contributed by atoms with E-state index in [1.54, 1.807) is 4.90 Å². The van der Waals surface area contributed by atoms with Crippen LogP contribution < -0.4 is 10.6 Å². The lowest BCUT2D eigenvalue weighted by molar-refractivity contribution is 0.147. The van der Waals surface area contributed by atoms with Gasteiger partial charge in [-0.1, -0.05) is 0 Å². The molecule has 2 saturated heterocycles. The third-order valence-corrected chi connectivity index (χ3v) is 4.11. The highest BCUT2D eigenvalue weighted by molar-refractivity contribution is 5.89. The molecule has 20 heavy (non-hydrogen) atoms. The molecule has 6 heteroatoms. The minimum absolute atomic E-state index is 0.0180. The first-order chi connectivity index (χ1) is 9.65. The maximum atomic E-state index is 13.6. The standard InChI is InChI=1S/C14H17F2N3O/c15-10-3-4-12(11(16)6-10)18-14(20)19-5-1-2-9-7-17-8-13(9)19/h3-4,6,9,13,17H,1-2,5,7-8H2,(H,18,20). The van der Waals surface area contributed by atoms with Crippen molar-refractivity contribution in [1.29, 1.82) is 0 Å². The number of nitrogens with zero attached hydrogens (tertiary/aromatic N) is 1. The first-order valence-corrected chi connectivity index (χ1v) is 6.88. The van der Waals surface area contributed by atoms with E-state index in [-0.39, 0.29) is 17.8 Å². The number of amides is 2. The lowest BCUT2D eigenvalue weighted by Gasteiger charge is -2.36. The number of nitrogens with one attached hydrogen (secondary N) is 2. The average molecular weight is 281 g/mol. The van der Waals surface area contributed by atoms with Gasteiger partial charge in [-0.25, -0.2) is 13.6 Å². The average Bonchev–Trinajstić information content (AvgIpc) is 2.90. The molecule has 0 aliphatic carbocycles. The molecule has 4 nitrogen and oxygen atoms in total. The zero-order chi connectivity index (χ0) is 14.1. The van der Waals surface area contributed by atoms with Crippen molar-refractivity contribution < 1.29 is 13.6 Å². The molecule has 2 unspecified atom stereocenters. The van der Waals surface area contributed by atoms with Crippen molar-refractivity contribution in [2.45, 2.75) is 18.9 Å². The molecule has 0 spiro atoms. The summed E-state index contributed by atoms with van der Waals surface area (Å²) in [5.41, 5.74) is 0.0180. The second-order valence-electron chi connectivity index (χ2n) is 5.38. The fourth-order valence-electron chi connectivity index (χ4n) is 3.10. The number of urea groups is 1. The molecule has 0 bridgehead atoms. The number of anilines is 1. The number of fused-ring (bicyclic) bond motifs is 1. The van der Waals surface area contributed by atoms with Crippen LogP contribution in [0.25, 0.3) is 0 Å². The van der Waals surface area contributed by atoms with Crippen molar-refractivity contribution in [3.8, 4) is 0 Å². The Bertz CT molecular complexity index is 523. The van der Waals surface area contributed by atoms with Gasteiger partial charge >= 0.3 is 6.03 Å². The number of benzene rings is 1. The van der Waals surface area contributed by atoms with Gasteiger partial charge in [0.1, 0.15) is 11.6 Å². The normalized spacial score (nSPS) is 25.4. The van der Waals surface area contributed by atoms with Crippen molar-refractivity contribution in [2.24, 2.45) is 5.92 Å². The fraction of sp³-hybridized carbons (Fsp3) is 0.500. The largest absolute Gasteiger partial charge is 0.322 e. The van der Waals surface area contributed by atoms with E-state index in [1.807, 2.05) is 0 Å². The highest BCUT2D eigenvalue weighted by Gasteiger charge is 2.37. The molecule has 2 heterocycles. The summed E-state index contributed by atoms with van der Waals surface area (Å²) in [5, 5.41) is 5.82. The van der Waals surface area contributed by atoms with Gasteiger partial charge in [0.2, 0.25) is 0 Å². The van der Waals surface area contributed by atoms with E-state index >= 15 is 0 Å². The maximum absolute atomic E-state index is 13.6. The van der Waals surface area contributed by atoms with E-state index in [4.69, 9.17) is 0 Å². The summed E-state index contributed by atoms with van der Waals surface area (Å²) in [6.07, 6.45) is 2.08. The summed E-state index contributed by atoms with van der Waals surface area (Å²) in [6.45, 7) is 2.39. The lowest BCUT2D eigenvalue weighted by Crippen LogP contribution is -2.50. The summed E-state index contributed by atoms with van der Waals surface area (Å²) in [4.78, 5) is 14.0. The van der Waals surface area contributed by atoms with Gasteiger partial charge in [0.15, 0.2) is 0 Å². The van der Waals surface area contributed by atoms with E-state index < -0.39 is 11.6 Å². The van der Waals surface area contributed by atoms with Gasteiger partial charge in [-0.15, -0.1) is 0 Å². The van der Waals surface area contributed by atoms with Gasteiger partial charge in [0, 0.05) is 31.7 Å². The lowest BCUT2D eigenvalue weighted by atomic mass is 9.92. The Kier molecular flexibility index (Phi) is 3.56. The van der Waals surface area contributed by atoms with Crippen molar-refractivity contribution in [3.63, 3.8) is 0 Å². The van der Waals surface area contributed by atoms with Crippen LogP contribution in [-0.2, 0) is 0 Å². The number of hydrogen-bond acceptors (Lipinski definition) is 2. The van der Waals surface area contributed by atoms with Gasteiger partial charge in [-0.3, -0.25) is 0 Å². The summed E-state index contributed by atoms with van der Waals surface area (Å²) < 4.78 is 26.4. The summed E-state index contributed by atoms with van der Waals surface area (Å²) in [5.74, 6) is -0.928. The molecule has 1 aromatic carbocycles. The molecule has 2 fully saturated rings. The Hall–Kier alpha value is -1.69. The van der Waals surface area contributed by atoms with Crippen LogP contribution in [0, 0.1) is 17.6 Å². The fourth-order valence-corrected chi connectivity index (χ4v) is 3.10. The third kappa shape index (κ3) is 2.47. The quantitative estimate of drug-likeness (QED) is 0.828. The Balaban J connectivity index is 1.72. The predicted molar refractivity (Wildman–Crippen MR) is 71.5 cm³/mol. The molecule has 2 amide bonds. The van der Waals surface area contributed by atoms with Crippen LogP contribution in [0.15, 0.2) is 18.2 Å². The number of carbonyl (C=O) groups is 1. The second-order valence-corrected chi connectivity index (χ2v) is 5.38. The van der Waals surface area contributed by atoms with Gasteiger partial charge in [0.05, 0.1) is 5.69 Å².